The van der Waals surface area contributed by atoms with Crippen LogP contribution in [0.5, 0.6) is 0 Å². The molecule has 3 unspecified atom stereocenters. The van der Waals surface area contributed by atoms with E-state index in [9.17, 15) is 10.5 Å². The second kappa shape index (κ2) is 8.65. The summed E-state index contributed by atoms with van der Waals surface area (Å²) >= 11 is 0. The number of nitrogens with zero attached hydrogens (tertiary/aromatic N) is 2. The van der Waals surface area contributed by atoms with Crippen molar-refractivity contribution in [3.05, 3.63) is 120 Å². The summed E-state index contributed by atoms with van der Waals surface area (Å²) in [5, 5.41) is 25.5. The number of hydrogen-bond donors (Lipinski definition) is 0. The third kappa shape index (κ3) is 3.14. The minimum atomic E-state index is -1.25. The van der Waals surface area contributed by atoms with Crippen molar-refractivity contribution >= 4 is 21.5 Å². The highest BCUT2D eigenvalue weighted by molar-refractivity contribution is 6.12. The Morgan fingerprint density at radius 1 is 0.778 bits per heavy atom. The van der Waals surface area contributed by atoms with Crippen molar-refractivity contribution in [1.82, 2.24) is 0 Å². The smallest absolute Gasteiger partial charge is 0.163 e. The Labute approximate surface area is 210 Å². The van der Waals surface area contributed by atoms with Gasteiger partial charge in [-0.25, -0.2) is 0 Å². The Hall–Kier alpha value is -4.44. The van der Waals surface area contributed by atoms with Gasteiger partial charge in [-0.3, -0.25) is 0 Å². The summed E-state index contributed by atoms with van der Waals surface area (Å²) in [6, 6.07) is 32.3. The lowest BCUT2D eigenvalue weighted by Gasteiger charge is -2.27. The molecule has 2 aliphatic carbocycles. The first-order chi connectivity index (χ1) is 17.7. The second-order valence-corrected chi connectivity index (χ2v) is 9.46. The van der Waals surface area contributed by atoms with E-state index in [0.717, 1.165) is 16.7 Å². The summed E-state index contributed by atoms with van der Waals surface area (Å²) in [5.74, 6) is -0.720. The molecule has 3 heteroatoms. The lowest BCUT2D eigenvalue weighted by atomic mass is 9.71. The van der Waals surface area contributed by atoms with Crippen molar-refractivity contribution in [2.45, 2.75) is 12.0 Å². The standard InChI is InChI=1S/C33H24N2O/c1-36-32-28-13-3-2-4-14-29(28)33(20-34,21-35)31(32)23-17-15-22(16-18-23)30-26-11-7-5-9-24(26)19-25-10-6-8-12-27(25)30/h2-19,29,31-32H,1H3. The van der Waals surface area contributed by atoms with E-state index in [2.05, 4.69) is 91.0 Å². The van der Waals surface area contributed by atoms with E-state index < -0.39 is 11.3 Å². The predicted molar refractivity (Wildman–Crippen MR) is 144 cm³/mol. The Morgan fingerprint density at radius 3 is 2.03 bits per heavy atom. The fourth-order valence-corrected chi connectivity index (χ4v) is 6.13. The van der Waals surface area contributed by atoms with Gasteiger partial charge in [-0.15, -0.1) is 0 Å². The molecule has 0 aliphatic heterocycles. The van der Waals surface area contributed by atoms with Crippen LogP contribution in [0.3, 0.4) is 0 Å². The molecule has 36 heavy (non-hydrogen) atoms. The molecule has 0 N–H and O–H groups in total. The van der Waals surface area contributed by atoms with Gasteiger partial charge >= 0.3 is 0 Å². The molecule has 0 aromatic heterocycles. The van der Waals surface area contributed by atoms with Crippen molar-refractivity contribution in [3.63, 3.8) is 0 Å². The maximum Gasteiger partial charge on any atom is 0.163 e. The normalized spacial score (nSPS) is 22.0. The lowest BCUT2D eigenvalue weighted by molar-refractivity contribution is 0.110. The van der Waals surface area contributed by atoms with Crippen LogP contribution in [0.25, 0.3) is 32.7 Å². The number of benzene rings is 4. The van der Waals surface area contributed by atoms with Gasteiger partial charge in [0, 0.05) is 18.9 Å². The molecular formula is C33H24N2O. The molecule has 2 aliphatic rings. The summed E-state index contributed by atoms with van der Waals surface area (Å²) in [6.07, 6.45) is 9.40. The minimum Gasteiger partial charge on any atom is -0.376 e. The van der Waals surface area contributed by atoms with E-state index in [4.69, 9.17) is 4.74 Å². The maximum atomic E-state index is 10.4. The van der Waals surface area contributed by atoms with Crippen LogP contribution in [0, 0.1) is 34.0 Å². The monoisotopic (exact) mass is 464 g/mol. The number of allylic oxidation sites excluding steroid dienone is 5. The molecule has 6 rings (SSSR count). The van der Waals surface area contributed by atoms with E-state index in [1.54, 1.807) is 7.11 Å². The Bertz CT molecular complexity index is 1590. The second-order valence-electron chi connectivity index (χ2n) is 9.46. The predicted octanol–water partition coefficient (Wildman–Crippen LogP) is 7.47. The van der Waals surface area contributed by atoms with Crippen molar-refractivity contribution in [2.75, 3.05) is 7.11 Å². The fourth-order valence-electron chi connectivity index (χ4n) is 6.13. The number of methoxy groups -OCH3 is 1. The molecule has 1 saturated carbocycles. The Balaban J connectivity index is 1.52. The maximum absolute atomic E-state index is 10.4. The summed E-state index contributed by atoms with van der Waals surface area (Å²) < 4.78 is 5.95. The van der Waals surface area contributed by atoms with Crippen LogP contribution >= 0.6 is 0 Å². The van der Waals surface area contributed by atoms with Gasteiger partial charge in [0.05, 0.1) is 18.2 Å². The summed E-state index contributed by atoms with van der Waals surface area (Å²) in [4.78, 5) is 0. The number of hydrogen-bond acceptors (Lipinski definition) is 3. The molecule has 3 atom stereocenters. The summed E-state index contributed by atoms with van der Waals surface area (Å²) in [6.45, 7) is 0. The van der Waals surface area contributed by atoms with Gasteiger partial charge in [0.2, 0.25) is 0 Å². The number of ether oxygens (including phenoxy) is 1. The average molecular weight is 465 g/mol. The molecule has 1 fully saturated rings. The van der Waals surface area contributed by atoms with Gasteiger partial charge in [-0.2, -0.15) is 10.5 Å². The van der Waals surface area contributed by atoms with Gasteiger partial charge in [0.25, 0.3) is 0 Å². The highest BCUT2D eigenvalue weighted by atomic mass is 16.5. The quantitative estimate of drug-likeness (QED) is 0.295. The van der Waals surface area contributed by atoms with Crippen LogP contribution < -0.4 is 0 Å². The first-order valence-electron chi connectivity index (χ1n) is 12.1. The SMILES string of the molecule is COC1C2=CC=CC=CC2C(C#N)(C#N)C1c1ccc(-c2c3ccccc3cc3ccccc23)cc1. The molecule has 0 saturated heterocycles. The largest absolute Gasteiger partial charge is 0.376 e. The van der Waals surface area contributed by atoms with Crippen LogP contribution in [0.15, 0.2) is 115 Å². The highest BCUT2D eigenvalue weighted by Gasteiger charge is 2.59. The third-order valence-electron chi connectivity index (χ3n) is 7.74. The molecule has 4 aromatic rings. The average Bonchev–Trinajstić information content (AvgIpc) is 3.03. The summed E-state index contributed by atoms with van der Waals surface area (Å²) in [5.41, 5.74) is 2.96. The van der Waals surface area contributed by atoms with E-state index in [1.807, 2.05) is 30.4 Å². The van der Waals surface area contributed by atoms with E-state index in [1.165, 1.54) is 27.1 Å². The molecular weight excluding hydrogens is 440 g/mol. The van der Waals surface area contributed by atoms with E-state index in [0.29, 0.717) is 0 Å². The molecule has 172 valence electrons. The van der Waals surface area contributed by atoms with E-state index in [-0.39, 0.29) is 12.0 Å². The molecule has 4 aromatic carbocycles. The highest BCUT2D eigenvalue weighted by Crippen LogP contribution is 2.57. The van der Waals surface area contributed by atoms with Gasteiger partial charge in [0.1, 0.15) is 0 Å². The fraction of sp³-hybridized carbons (Fsp3) is 0.152. The number of fused-ring (bicyclic) bond motifs is 3. The van der Waals surface area contributed by atoms with Gasteiger partial charge in [-0.05, 0) is 49.9 Å². The molecule has 0 heterocycles. The van der Waals surface area contributed by atoms with Crippen molar-refractivity contribution in [2.24, 2.45) is 11.3 Å². The Kier molecular flexibility index (Phi) is 5.30. The minimum absolute atomic E-state index is 0.320. The zero-order chi connectivity index (χ0) is 24.7. The topological polar surface area (TPSA) is 56.8 Å². The van der Waals surface area contributed by atoms with Gasteiger partial charge in [0.15, 0.2) is 5.41 Å². The summed E-state index contributed by atoms with van der Waals surface area (Å²) in [7, 11) is 1.66. The Morgan fingerprint density at radius 2 is 1.42 bits per heavy atom. The van der Waals surface area contributed by atoms with Crippen LogP contribution in [0.4, 0.5) is 0 Å². The van der Waals surface area contributed by atoms with E-state index >= 15 is 0 Å². The number of rotatable bonds is 3. The number of nitriles is 2. The van der Waals surface area contributed by atoms with Crippen LogP contribution in [-0.2, 0) is 4.74 Å². The van der Waals surface area contributed by atoms with Crippen molar-refractivity contribution in [1.29, 1.82) is 10.5 Å². The molecule has 0 bridgehead atoms. The van der Waals surface area contributed by atoms with Gasteiger partial charge in [-0.1, -0.05) is 103 Å². The van der Waals surface area contributed by atoms with Crippen LogP contribution in [0.1, 0.15) is 11.5 Å². The zero-order valence-electron chi connectivity index (χ0n) is 19.9. The first-order valence-corrected chi connectivity index (χ1v) is 12.1. The van der Waals surface area contributed by atoms with Crippen molar-refractivity contribution in [3.8, 4) is 23.3 Å². The zero-order valence-corrected chi connectivity index (χ0v) is 19.9. The first kappa shape index (κ1) is 22.1. The molecule has 0 amide bonds. The molecule has 3 nitrogen and oxygen atoms in total. The third-order valence-corrected chi connectivity index (χ3v) is 7.74. The lowest BCUT2D eigenvalue weighted by Crippen LogP contribution is -2.30. The molecule has 0 radical (unpaired) electrons. The van der Waals surface area contributed by atoms with Crippen LogP contribution in [-0.4, -0.2) is 13.2 Å². The van der Waals surface area contributed by atoms with Crippen molar-refractivity contribution < 1.29 is 4.74 Å². The van der Waals surface area contributed by atoms with Crippen LogP contribution in [0.2, 0.25) is 0 Å². The van der Waals surface area contributed by atoms with Gasteiger partial charge < -0.3 is 4.74 Å². The molecule has 0 spiro atoms.